The molecule has 0 saturated carbocycles. The van der Waals surface area contributed by atoms with Gasteiger partial charge in [-0.05, 0) is 76.6 Å². The maximum atomic E-state index is 12.9. The molecular formula is C25H29N3O4S. The summed E-state index contributed by atoms with van der Waals surface area (Å²) in [6.07, 6.45) is 5.34. The van der Waals surface area contributed by atoms with Crippen molar-refractivity contribution in [3.05, 3.63) is 63.3 Å². The summed E-state index contributed by atoms with van der Waals surface area (Å²) in [5.41, 5.74) is 3.98. The van der Waals surface area contributed by atoms with Gasteiger partial charge in [0.05, 0.1) is 11.7 Å². The Morgan fingerprint density at radius 1 is 1.18 bits per heavy atom. The lowest BCUT2D eigenvalue weighted by atomic mass is 9.95. The number of carbonyl (C=O) groups is 2. The summed E-state index contributed by atoms with van der Waals surface area (Å²) in [6.45, 7) is 7.86. The summed E-state index contributed by atoms with van der Waals surface area (Å²) in [4.78, 5) is 26.9. The molecule has 0 saturated heterocycles. The SMILES string of the molecule is Cc1ccc(OCn2ccc(C(=O)Nc3sc4c(c3C(=O)OC(C)C)CCCC4)n2)c(C)c1. The van der Waals surface area contributed by atoms with E-state index in [1.54, 1.807) is 16.9 Å². The predicted octanol–water partition coefficient (Wildman–Crippen LogP) is 5.29. The minimum atomic E-state index is -0.382. The van der Waals surface area contributed by atoms with Crippen LogP contribution in [0.4, 0.5) is 5.00 Å². The maximum Gasteiger partial charge on any atom is 0.341 e. The Hall–Kier alpha value is -3.13. The third-order valence-corrected chi connectivity index (χ3v) is 6.71. The Labute approximate surface area is 197 Å². The number of thiophene rings is 1. The lowest BCUT2D eigenvalue weighted by Crippen LogP contribution is -2.18. The Kier molecular flexibility index (Phi) is 6.83. The fourth-order valence-corrected chi connectivity index (χ4v) is 5.23. The van der Waals surface area contributed by atoms with Crippen molar-refractivity contribution in [1.29, 1.82) is 0 Å². The molecule has 2 heterocycles. The smallest absolute Gasteiger partial charge is 0.341 e. The van der Waals surface area contributed by atoms with Crippen LogP contribution in [0.2, 0.25) is 0 Å². The number of nitrogens with zero attached hydrogens (tertiary/aromatic N) is 2. The number of hydrogen-bond donors (Lipinski definition) is 1. The van der Waals surface area contributed by atoms with E-state index in [1.165, 1.54) is 16.9 Å². The second-order valence-corrected chi connectivity index (χ2v) is 9.71. The minimum Gasteiger partial charge on any atom is -0.471 e. The molecule has 1 N–H and O–H groups in total. The van der Waals surface area contributed by atoms with Gasteiger partial charge in [0, 0.05) is 11.1 Å². The van der Waals surface area contributed by atoms with Gasteiger partial charge < -0.3 is 14.8 Å². The van der Waals surface area contributed by atoms with Crippen molar-refractivity contribution in [2.75, 3.05) is 5.32 Å². The van der Waals surface area contributed by atoms with Crippen molar-refractivity contribution >= 4 is 28.2 Å². The van der Waals surface area contributed by atoms with E-state index in [-0.39, 0.29) is 30.4 Å². The van der Waals surface area contributed by atoms with Crippen LogP contribution >= 0.6 is 11.3 Å². The third kappa shape index (κ3) is 5.27. The molecule has 0 aliphatic heterocycles. The number of rotatable bonds is 7. The molecule has 1 aromatic carbocycles. The first-order chi connectivity index (χ1) is 15.8. The van der Waals surface area contributed by atoms with Crippen molar-refractivity contribution in [3.8, 4) is 5.75 Å². The topological polar surface area (TPSA) is 82.5 Å². The van der Waals surface area contributed by atoms with Gasteiger partial charge in [0.25, 0.3) is 5.91 Å². The van der Waals surface area contributed by atoms with E-state index in [0.717, 1.165) is 47.4 Å². The fourth-order valence-electron chi connectivity index (χ4n) is 3.96. The van der Waals surface area contributed by atoms with E-state index in [1.807, 2.05) is 39.8 Å². The van der Waals surface area contributed by atoms with Crippen LogP contribution in [0.25, 0.3) is 0 Å². The minimum absolute atomic E-state index is 0.191. The zero-order valence-electron chi connectivity index (χ0n) is 19.4. The zero-order valence-corrected chi connectivity index (χ0v) is 20.3. The molecule has 174 valence electrons. The van der Waals surface area contributed by atoms with Crippen LogP contribution < -0.4 is 10.1 Å². The molecule has 0 fully saturated rings. The van der Waals surface area contributed by atoms with Gasteiger partial charge in [-0.15, -0.1) is 11.3 Å². The number of fused-ring (bicyclic) bond motifs is 1. The van der Waals surface area contributed by atoms with E-state index in [4.69, 9.17) is 9.47 Å². The first-order valence-electron chi connectivity index (χ1n) is 11.2. The third-order valence-electron chi connectivity index (χ3n) is 5.50. The van der Waals surface area contributed by atoms with Crippen molar-refractivity contribution in [2.24, 2.45) is 0 Å². The largest absolute Gasteiger partial charge is 0.471 e. The molecule has 1 amide bonds. The Morgan fingerprint density at radius 2 is 1.97 bits per heavy atom. The van der Waals surface area contributed by atoms with Crippen LogP contribution in [-0.4, -0.2) is 27.8 Å². The molecule has 1 aliphatic rings. The summed E-state index contributed by atoms with van der Waals surface area (Å²) >= 11 is 1.47. The number of benzene rings is 1. The van der Waals surface area contributed by atoms with Crippen molar-refractivity contribution in [2.45, 2.75) is 66.2 Å². The number of ether oxygens (including phenoxy) is 2. The molecule has 0 atom stereocenters. The molecule has 2 aromatic heterocycles. The molecule has 33 heavy (non-hydrogen) atoms. The van der Waals surface area contributed by atoms with Gasteiger partial charge in [-0.2, -0.15) is 5.10 Å². The quantitative estimate of drug-likeness (QED) is 0.477. The standard InChI is InChI=1S/C25H29N3O4S/c1-15(2)32-25(30)22-18-7-5-6-8-21(18)33-24(22)26-23(29)19-11-12-28(27-19)14-31-20-10-9-16(3)13-17(20)4/h9-13,15H,5-8,14H2,1-4H3,(H,26,29). The van der Waals surface area contributed by atoms with Gasteiger partial charge in [0.2, 0.25) is 0 Å². The average molecular weight is 468 g/mol. The fraction of sp³-hybridized carbons (Fsp3) is 0.400. The lowest BCUT2D eigenvalue weighted by molar-refractivity contribution is 0.0378. The molecule has 0 bridgehead atoms. The van der Waals surface area contributed by atoms with E-state index < -0.39 is 0 Å². The van der Waals surface area contributed by atoms with Crippen LogP contribution in [0.5, 0.6) is 5.75 Å². The van der Waals surface area contributed by atoms with E-state index >= 15 is 0 Å². The Morgan fingerprint density at radius 3 is 2.73 bits per heavy atom. The average Bonchev–Trinajstić information content (AvgIpc) is 3.37. The van der Waals surface area contributed by atoms with Crippen LogP contribution in [-0.2, 0) is 24.3 Å². The first kappa shape index (κ1) is 23.0. The molecular weight excluding hydrogens is 438 g/mol. The highest BCUT2D eigenvalue weighted by Gasteiger charge is 2.28. The molecule has 8 heteroatoms. The van der Waals surface area contributed by atoms with Crippen molar-refractivity contribution in [3.63, 3.8) is 0 Å². The van der Waals surface area contributed by atoms with Gasteiger partial charge in [-0.3, -0.25) is 4.79 Å². The van der Waals surface area contributed by atoms with E-state index in [0.29, 0.717) is 10.6 Å². The maximum absolute atomic E-state index is 12.9. The number of hydrogen-bond acceptors (Lipinski definition) is 6. The summed E-state index contributed by atoms with van der Waals surface area (Å²) in [5.74, 6) is 0.0316. The highest BCUT2D eigenvalue weighted by Crippen LogP contribution is 2.39. The summed E-state index contributed by atoms with van der Waals surface area (Å²) in [7, 11) is 0. The second kappa shape index (κ2) is 9.79. The lowest BCUT2D eigenvalue weighted by Gasteiger charge is -2.14. The summed E-state index contributed by atoms with van der Waals surface area (Å²) < 4.78 is 12.9. The summed E-state index contributed by atoms with van der Waals surface area (Å²) in [5, 5.41) is 7.78. The van der Waals surface area contributed by atoms with Crippen LogP contribution in [0.1, 0.15) is 69.1 Å². The van der Waals surface area contributed by atoms with Crippen LogP contribution in [0.15, 0.2) is 30.5 Å². The molecule has 0 radical (unpaired) electrons. The predicted molar refractivity (Wildman–Crippen MR) is 128 cm³/mol. The number of aromatic nitrogens is 2. The van der Waals surface area contributed by atoms with E-state index in [2.05, 4.69) is 16.5 Å². The van der Waals surface area contributed by atoms with Gasteiger partial charge in [0.15, 0.2) is 12.4 Å². The Balaban J connectivity index is 1.48. The van der Waals surface area contributed by atoms with Crippen molar-refractivity contribution in [1.82, 2.24) is 9.78 Å². The first-order valence-corrected chi connectivity index (χ1v) is 12.0. The van der Waals surface area contributed by atoms with Gasteiger partial charge in [-0.1, -0.05) is 17.7 Å². The van der Waals surface area contributed by atoms with Gasteiger partial charge in [0.1, 0.15) is 10.8 Å². The zero-order chi connectivity index (χ0) is 23.5. The number of carbonyl (C=O) groups excluding carboxylic acids is 2. The van der Waals surface area contributed by atoms with E-state index in [9.17, 15) is 9.59 Å². The molecule has 1 aliphatic carbocycles. The normalized spacial score (nSPS) is 13.0. The second-order valence-electron chi connectivity index (χ2n) is 8.61. The van der Waals surface area contributed by atoms with Crippen LogP contribution in [0, 0.1) is 13.8 Å². The number of aryl methyl sites for hydroxylation is 3. The number of anilines is 1. The highest BCUT2D eigenvalue weighted by atomic mass is 32.1. The van der Waals surface area contributed by atoms with Crippen LogP contribution in [0.3, 0.4) is 0 Å². The monoisotopic (exact) mass is 467 g/mol. The van der Waals surface area contributed by atoms with Gasteiger partial charge in [-0.25, -0.2) is 9.48 Å². The molecule has 3 aromatic rings. The number of esters is 1. The molecule has 0 spiro atoms. The highest BCUT2D eigenvalue weighted by molar-refractivity contribution is 7.17. The van der Waals surface area contributed by atoms with Crippen molar-refractivity contribution < 1.29 is 19.1 Å². The Bertz CT molecular complexity index is 1180. The van der Waals surface area contributed by atoms with Gasteiger partial charge >= 0.3 is 5.97 Å². The molecule has 7 nitrogen and oxygen atoms in total. The molecule has 4 rings (SSSR count). The summed E-state index contributed by atoms with van der Waals surface area (Å²) in [6, 6.07) is 7.62. The number of nitrogens with one attached hydrogen (secondary N) is 1. The number of amides is 1. The molecule has 0 unspecified atom stereocenters.